The van der Waals surface area contributed by atoms with E-state index in [1.54, 1.807) is 12.3 Å². The number of carbonyl (C=O) groups excluding carboxylic acids is 1. The predicted octanol–water partition coefficient (Wildman–Crippen LogP) is 2.07. The van der Waals surface area contributed by atoms with Crippen LogP contribution >= 0.6 is 0 Å². The second-order valence-corrected chi connectivity index (χ2v) is 6.87. The number of rotatable bonds is 7. The number of aromatic nitrogens is 1. The van der Waals surface area contributed by atoms with Gasteiger partial charge in [0.05, 0.1) is 22.6 Å². The van der Waals surface area contributed by atoms with Gasteiger partial charge in [-0.25, -0.2) is 4.98 Å². The molecule has 1 unspecified atom stereocenters. The Morgan fingerprint density at radius 1 is 1.32 bits per heavy atom. The molecule has 148 valence electrons. The van der Waals surface area contributed by atoms with Gasteiger partial charge in [-0.15, -0.1) is 0 Å². The predicted molar refractivity (Wildman–Crippen MR) is 112 cm³/mol. The number of pyridine rings is 1. The van der Waals surface area contributed by atoms with Gasteiger partial charge >= 0.3 is 0 Å². The number of amides is 1. The maximum absolute atomic E-state index is 11.9. The molecule has 0 spiro atoms. The Hall–Kier alpha value is -3.13. The largest absolute Gasteiger partial charge is 0.366 e. The maximum atomic E-state index is 11.9. The van der Waals surface area contributed by atoms with Gasteiger partial charge in [-0.1, -0.05) is 18.9 Å². The fourth-order valence-electron chi connectivity index (χ4n) is 3.56. The molecule has 0 saturated heterocycles. The molecular weight excluding hydrogens is 354 g/mol. The Bertz CT molecular complexity index is 828. The van der Waals surface area contributed by atoms with Crippen LogP contribution in [-0.4, -0.2) is 36.2 Å². The lowest BCUT2D eigenvalue weighted by Crippen LogP contribution is -2.44. The zero-order valence-electron chi connectivity index (χ0n) is 16.0. The molecule has 2 atom stereocenters. The summed E-state index contributed by atoms with van der Waals surface area (Å²) < 4.78 is 0. The minimum Gasteiger partial charge on any atom is -0.366 e. The van der Waals surface area contributed by atoms with E-state index in [1.165, 1.54) is 25.3 Å². The highest BCUT2D eigenvalue weighted by Gasteiger charge is 2.24. The number of nitrogens with one attached hydrogen (secondary N) is 5. The first-order chi connectivity index (χ1) is 13.6. The van der Waals surface area contributed by atoms with E-state index in [4.69, 9.17) is 11.1 Å². The van der Waals surface area contributed by atoms with Crippen molar-refractivity contribution in [3.8, 4) is 0 Å². The van der Waals surface area contributed by atoms with Crippen LogP contribution in [0.4, 0.5) is 11.5 Å². The molecule has 0 aromatic carbocycles. The van der Waals surface area contributed by atoms with E-state index in [0.717, 1.165) is 18.5 Å². The molecule has 2 aliphatic rings. The van der Waals surface area contributed by atoms with E-state index < -0.39 is 5.91 Å². The third-order valence-electron chi connectivity index (χ3n) is 5.05. The van der Waals surface area contributed by atoms with Gasteiger partial charge in [0.25, 0.3) is 5.91 Å². The van der Waals surface area contributed by atoms with Crippen molar-refractivity contribution < 1.29 is 4.79 Å². The molecule has 1 saturated carbocycles. The molecule has 1 aliphatic carbocycles. The van der Waals surface area contributed by atoms with Crippen molar-refractivity contribution in [1.82, 2.24) is 15.6 Å². The van der Waals surface area contributed by atoms with E-state index in [2.05, 4.69) is 26.3 Å². The van der Waals surface area contributed by atoms with Crippen LogP contribution in [0.5, 0.6) is 0 Å². The number of primary amides is 1. The van der Waals surface area contributed by atoms with Crippen molar-refractivity contribution in [3.05, 3.63) is 53.6 Å². The van der Waals surface area contributed by atoms with E-state index >= 15 is 0 Å². The summed E-state index contributed by atoms with van der Waals surface area (Å²) in [4.78, 5) is 16.2. The van der Waals surface area contributed by atoms with Crippen LogP contribution in [0, 0.1) is 5.41 Å². The van der Waals surface area contributed by atoms with Crippen LogP contribution in [0.2, 0.25) is 0 Å². The third-order valence-corrected chi connectivity index (χ3v) is 5.05. The number of carbonyl (C=O) groups is 1. The van der Waals surface area contributed by atoms with Gasteiger partial charge in [0.15, 0.2) is 0 Å². The number of hydrogen-bond acceptors (Lipinski definition) is 7. The number of anilines is 2. The Morgan fingerprint density at radius 3 is 2.75 bits per heavy atom. The molecule has 2 heterocycles. The lowest BCUT2D eigenvalue weighted by molar-refractivity contribution is 0.100. The van der Waals surface area contributed by atoms with E-state index in [9.17, 15) is 4.79 Å². The Balaban J connectivity index is 1.87. The third kappa shape index (κ3) is 4.58. The smallest absolute Gasteiger partial charge is 0.252 e. The molecule has 7 N–H and O–H groups in total. The lowest BCUT2D eigenvalue weighted by Gasteiger charge is -2.32. The molecule has 0 radical (unpaired) electrons. The van der Waals surface area contributed by atoms with Crippen molar-refractivity contribution in [2.75, 3.05) is 17.7 Å². The minimum atomic E-state index is -0.575. The molecule has 8 nitrogen and oxygen atoms in total. The summed E-state index contributed by atoms with van der Waals surface area (Å²) >= 11 is 0. The summed E-state index contributed by atoms with van der Waals surface area (Å²) in [5.74, 6) is 0.0923. The molecule has 1 amide bonds. The number of nitrogens with zero attached hydrogens (tertiary/aromatic N) is 1. The average Bonchev–Trinajstić information content (AvgIpc) is 2.73. The average molecular weight is 381 g/mol. The summed E-state index contributed by atoms with van der Waals surface area (Å²) in [7, 11) is 1.98. The first-order valence-electron chi connectivity index (χ1n) is 9.47. The van der Waals surface area contributed by atoms with Crippen molar-refractivity contribution in [3.63, 3.8) is 0 Å². The normalized spacial score (nSPS) is 22.9. The highest BCUT2D eigenvalue weighted by molar-refractivity contribution is 6.00. The van der Waals surface area contributed by atoms with Crippen LogP contribution in [0.25, 0.3) is 0 Å². The number of likely N-dealkylation sites (N-methyl/N-ethyl adjacent to an activating group) is 1. The van der Waals surface area contributed by atoms with Crippen LogP contribution in [0.1, 0.15) is 36.0 Å². The van der Waals surface area contributed by atoms with Gasteiger partial charge in [-0.05, 0) is 32.0 Å². The van der Waals surface area contributed by atoms with Gasteiger partial charge < -0.3 is 32.4 Å². The quantitative estimate of drug-likeness (QED) is 0.401. The number of hydrogen-bond donors (Lipinski definition) is 6. The van der Waals surface area contributed by atoms with Crippen molar-refractivity contribution in [2.24, 2.45) is 5.73 Å². The summed E-state index contributed by atoms with van der Waals surface area (Å²) in [6.45, 7) is 0. The van der Waals surface area contributed by atoms with Crippen LogP contribution in [0.3, 0.4) is 0 Å². The molecule has 1 fully saturated rings. The number of nitrogens with two attached hydrogens (primary N) is 1. The van der Waals surface area contributed by atoms with Crippen LogP contribution in [0.15, 0.2) is 48.1 Å². The molecule has 1 aromatic heterocycles. The Labute approximate surface area is 164 Å². The zero-order chi connectivity index (χ0) is 19.9. The van der Waals surface area contributed by atoms with Gasteiger partial charge in [-0.2, -0.15) is 0 Å². The standard InChI is InChI=1S/C20H27N7O/c1-23-14-6-2-3-8-16(14)27-19-10-17(13(12-25-19)20(22)28)26-18(11-21)15-7-4-5-9-24-15/h4-5,7,9-12,14,16,21,23-24H,2-3,6,8H2,1H3,(H2,22,28)(H2,25,26,27)/b18-15+,21-11?/t14?,16-/m1/s1. The first kappa shape index (κ1) is 19.6. The highest BCUT2D eigenvalue weighted by Crippen LogP contribution is 2.25. The maximum Gasteiger partial charge on any atom is 0.252 e. The fourth-order valence-corrected chi connectivity index (χ4v) is 3.56. The zero-order valence-corrected chi connectivity index (χ0v) is 16.0. The van der Waals surface area contributed by atoms with Crippen LogP contribution < -0.4 is 27.0 Å². The topological polar surface area (TPSA) is 128 Å². The molecule has 0 bridgehead atoms. The van der Waals surface area contributed by atoms with E-state index in [-0.39, 0.29) is 11.6 Å². The Kier molecular flexibility index (Phi) is 6.44. The SMILES string of the molecule is CNC1CCCC[C@H]1Nc1cc(N/C(C=N)=C2\C=CC=CN2)c(C(N)=O)cn1. The van der Waals surface area contributed by atoms with Gasteiger partial charge in [0.2, 0.25) is 0 Å². The summed E-state index contributed by atoms with van der Waals surface area (Å²) in [6.07, 6.45) is 14.6. The number of allylic oxidation sites excluding steroid dienone is 4. The summed E-state index contributed by atoms with van der Waals surface area (Å²) in [5, 5.41) is 20.8. The van der Waals surface area contributed by atoms with Crippen molar-refractivity contribution >= 4 is 23.6 Å². The summed E-state index contributed by atoms with van der Waals surface area (Å²) in [5.41, 5.74) is 7.55. The lowest BCUT2D eigenvalue weighted by atomic mass is 9.90. The van der Waals surface area contributed by atoms with E-state index in [1.807, 2.05) is 25.3 Å². The second-order valence-electron chi connectivity index (χ2n) is 6.87. The van der Waals surface area contributed by atoms with Crippen molar-refractivity contribution in [2.45, 2.75) is 37.8 Å². The minimum absolute atomic E-state index is 0.271. The van der Waals surface area contributed by atoms with Crippen LogP contribution in [-0.2, 0) is 0 Å². The molecule has 28 heavy (non-hydrogen) atoms. The van der Waals surface area contributed by atoms with E-state index in [0.29, 0.717) is 23.2 Å². The monoisotopic (exact) mass is 381 g/mol. The molecule has 1 aliphatic heterocycles. The molecule has 1 aromatic rings. The Morgan fingerprint density at radius 2 is 2.11 bits per heavy atom. The highest BCUT2D eigenvalue weighted by atomic mass is 16.1. The van der Waals surface area contributed by atoms with Gasteiger partial charge in [0, 0.05) is 36.8 Å². The van der Waals surface area contributed by atoms with Gasteiger partial charge in [0.1, 0.15) is 5.82 Å². The van der Waals surface area contributed by atoms with Crippen molar-refractivity contribution in [1.29, 1.82) is 5.41 Å². The fraction of sp³-hybridized carbons (Fsp3) is 0.350. The number of dihydropyridines is 1. The van der Waals surface area contributed by atoms with Gasteiger partial charge in [-0.3, -0.25) is 4.79 Å². The summed E-state index contributed by atoms with van der Waals surface area (Å²) in [6, 6.07) is 2.42. The molecule has 8 heteroatoms. The molecule has 3 rings (SSSR count). The first-order valence-corrected chi connectivity index (χ1v) is 9.47. The molecular formula is C20H27N7O. The second kappa shape index (κ2) is 9.18.